The maximum absolute atomic E-state index is 13.7. The monoisotopic (exact) mass is 273 g/mol. The van der Waals surface area contributed by atoms with Crippen molar-refractivity contribution in [3.05, 3.63) is 71.6 Å². The first-order valence-electron chi connectivity index (χ1n) is 6.27. The van der Waals surface area contributed by atoms with Gasteiger partial charge in [-0.05, 0) is 30.2 Å². The van der Waals surface area contributed by atoms with Crippen molar-refractivity contribution >= 4 is 5.52 Å². The van der Waals surface area contributed by atoms with Gasteiger partial charge >= 0.3 is 0 Å². The summed E-state index contributed by atoms with van der Waals surface area (Å²) >= 11 is 0. The number of pyridine rings is 1. The second-order valence-corrected chi connectivity index (χ2v) is 4.65. The summed E-state index contributed by atoms with van der Waals surface area (Å²) in [6.45, 7) is 0. The van der Waals surface area contributed by atoms with Crippen molar-refractivity contribution in [1.29, 1.82) is 0 Å². The molecule has 1 atom stereocenters. The maximum atomic E-state index is 13.7. The molecule has 3 nitrogen and oxygen atoms in total. The Morgan fingerprint density at radius 1 is 1.15 bits per heavy atom. The first-order chi connectivity index (χ1) is 9.66. The molecule has 2 N–H and O–H groups in total. The highest BCUT2D eigenvalue weighted by atomic mass is 19.2. The van der Waals surface area contributed by atoms with Crippen LogP contribution in [0.2, 0.25) is 0 Å². The van der Waals surface area contributed by atoms with Crippen molar-refractivity contribution in [3.8, 4) is 0 Å². The van der Waals surface area contributed by atoms with Gasteiger partial charge in [0.05, 0.1) is 11.7 Å². The maximum Gasteiger partial charge on any atom is 0.162 e. The largest absolute Gasteiger partial charge is 0.324 e. The van der Waals surface area contributed by atoms with Gasteiger partial charge in [-0.1, -0.05) is 18.2 Å². The van der Waals surface area contributed by atoms with Crippen LogP contribution in [0.25, 0.3) is 5.52 Å². The van der Waals surface area contributed by atoms with Gasteiger partial charge in [0.15, 0.2) is 11.6 Å². The van der Waals surface area contributed by atoms with Crippen LogP contribution in [0.4, 0.5) is 8.78 Å². The fourth-order valence-corrected chi connectivity index (χ4v) is 2.29. The average molecular weight is 273 g/mol. The molecule has 0 aliphatic heterocycles. The molecule has 0 aliphatic carbocycles. The lowest BCUT2D eigenvalue weighted by molar-refractivity contribution is 0.494. The number of benzene rings is 1. The molecule has 102 valence electrons. The van der Waals surface area contributed by atoms with E-state index in [4.69, 9.17) is 5.73 Å². The molecule has 0 aliphatic rings. The number of hydrogen-bond donors (Lipinski definition) is 1. The molecule has 0 saturated carbocycles. The third-order valence-corrected chi connectivity index (χ3v) is 3.33. The molecule has 2 heterocycles. The van der Waals surface area contributed by atoms with Crippen LogP contribution in [0.1, 0.15) is 17.2 Å². The van der Waals surface area contributed by atoms with E-state index in [1.807, 2.05) is 24.4 Å². The molecule has 5 heteroatoms. The van der Waals surface area contributed by atoms with E-state index >= 15 is 0 Å². The summed E-state index contributed by atoms with van der Waals surface area (Å²) in [6.07, 6.45) is 3.70. The fraction of sp³-hybridized carbons (Fsp3) is 0.133. The molecule has 0 radical (unpaired) electrons. The summed E-state index contributed by atoms with van der Waals surface area (Å²) in [5, 5.41) is 4.19. The van der Waals surface area contributed by atoms with Gasteiger partial charge in [0, 0.05) is 17.8 Å². The zero-order chi connectivity index (χ0) is 14.1. The molecular weight excluding hydrogens is 260 g/mol. The Kier molecular flexibility index (Phi) is 3.20. The van der Waals surface area contributed by atoms with Crippen molar-refractivity contribution in [2.24, 2.45) is 5.73 Å². The molecule has 2 aromatic heterocycles. The highest BCUT2D eigenvalue weighted by Gasteiger charge is 2.16. The highest BCUT2D eigenvalue weighted by Crippen LogP contribution is 2.22. The predicted molar refractivity (Wildman–Crippen MR) is 72.2 cm³/mol. The van der Waals surface area contributed by atoms with Crippen LogP contribution in [0.5, 0.6) is 0 Å². The Bertz CT molecular complexity index is 752. The van der Waals surface area contributed by atoms with E-state index in [0.717, 1.165) is 17.1 Å². The van der Waals surface area contributed by atoms with Gasteiger partial charge in [0.1, 0.15) is 0 Å². The van der Waals surface area contributed by atoms with Gasteiger partial charge in [-0.15, -0.1) is 0 Å². The van der Waals surface area contributed by atoms with Crippen molar-refractivity contribution in [3.63, 3.8) is 0 Å². The van der Waals surface area contributed by atoms with Gasteiger partial charge in [-0.3, -0.25) is 0 Å². The predicted octanol–water partition coefficient (Wildman–Crippen LogP) is 2.86. The first-order valence-corrected chi connectivity index (χ1v) is 6.27. The molecule has 0 fully saturated rings. The third-order valence-electron chi connectivity index (χ3n) is 3.33. The van der Waals surface area contributed by atoms with Gasteiger partial charge in [-0.2, -0.15) is 5.10 Å². The summed E-state index contributed by atoms with van der Waals surface area (Å²) in [6, 6.07) is 9.33. The lowest BCUT2D eigenvalue weighted by Crippen LogP contribution is -2.14. The minimum Gasteiger partial charge on any atom is -0.324 e. The molecule has 1 aromatic carbocycles. The van der Waals surface area contributed by atoms with Gasteiger partial charge in [-0.25, -0.2) is 13.3 Å². The zero-order valence-corrected chi connectivity index (χ0v) is 10.6. The number of aromatic nitrogens is 2. The smallest absolute Gasteiger partial charge is 0.162 e. The van der Waals surface area contributed by atoms with E-state index in [2.05, 4.69) is 5.10 Å². The zero-order valence-electron chi connectivity index (χ0n) is 10.6. The summed E-state index contributed by atoms with van der Waals surface area (Å²) in [5.74, 6) is -1.69. The number of hydrogen-bond acceptors (Lipinski definition) is 2. The Morgan fingerprint density at radius 3 is 2.85 bits per heavy atom. The number of nitrogens with two attached hydrogens (primary N) is 1. The SMILES string of the molecule is NC(Cc1cccc(F)c1F)c1cnn2ccccc12. The quantitative estimate of drug-likeness (QED) is 0.797. The summed E-state index contributed by atoms with van der Waals surface area (Å²) in [7, 11) is 0. The first kappa shape index (κ1) is 12.7. The van der Waals surface area contributed by atoms with Crippen LogP contribution < -0.4 is 5.73 Å². The van der Waals surface area contributed by atoms with Crippen molar-refractivity contribution in [2.75, 3.05) is 0 Å². The van der Waals surface area contributed by atoms with Crippen molar-refractivity contribution < 1.29 is 8.78 Å². The summed E-state index contributed by atoms with van der Waals surface area (Å²) in [5.41, 5.74) is 8.07. The lowest BCUT2D eigenvalue weighted by Gasteiger charge is -2.11. The number of rotatable bonds is 3. The van der Waals surface area contributed by atoms with Gasteiger partial charge in [0.25, 0.3) is 0 Å². The Labute approximate surface area is 114 Å². The average Bonchev–Trinajstić information content (AvgIpc) is 2.88. The topological polar surface area (TPSA) is 43.3 Å². The van der Waals surface area contributed by atoms with E-state index in [1.165, 1.54) is 6.07 Å². The molecule has 0 bridgehead atoms. The highest BCUT2D eigenvalue weighted by molar-refractivity contribution is 5.55. The summed E-state index contributed by atoms with van der Waals surface area (Å²) < 4.78 is 28.6. The number of halogens is 2. The standard InChI is InChI=1S/C15H13F2N3/c16-12-5-3-4-10(15(12)17)8-13(18)11-9-19-20-7-2-1-6-14(11)20/h1-7,9,13H,8,18H2. The molecule has 0 spiro atoms. The van der Waals surface area contributed by atoms with Crippen molar-refractivity contribution in [1.82, 2.24) is 9.61 Å². The van der Waals surface area contributed by atoms with Gasteiger partial charge < -0.3 is 5.73 Å². The van der Waals surface area contributed by atoms with Crippen LogP contribution in [-0.4, -0.2) is 9.61 Å². The Balaban J connectivity index is 1.93. The van der Waals surface area contributed by atoms with E-state index in [9.17, 15) is 8.78 Å². The second-order valence-electron chi connectivity index (χ2n) is 4.65. The summed E-state index contributed by atoms with van der Waals surface area (Å²) in [4.78, 5) is 0. The number of fused-ring (bicyclic) bond motifs is 1. The lowest BCUT2D eigenvalue weighted by atomic mass is 10.0. The molecular formula is C15H13F2N3. The van der Waals surface area contributed by atoms with Crippen LogP contribution in [0.3, 0.4) is 0 Å². The van der Waals surface area contributed by atoms with Crippen LogP contribution in [-0.2, 0) is 6.42 Å². The second kappa shape index (κ2) is 5.02. The molecule has 0 amide bonds. The van der Waals surface area contributed by atoms with Crippen LogP contribution >= 0.6 is 0 Å². The van der Waals surface area contributed by atoms with E-state index in [-0.39, 0.29) is 12.0 Å². The molecule has 20 heavy (non-hydrogen) atoms. The fourth-order valence-electron chi connectivity index (χ4n) is 2.29. The Morgan fingerprint density at radius 2 is 2.00 bits per heavy atom. The van der Waals surface area contributed by atoms with Crippen LogP contribution in [0, 0.1) is 11.6 Å². The normalized spacial score (nSPS) is 12.8. The molecule has 3 aromatic rings. The Hall–Kier alpha value is -2.27. The van der Waals surface area contributed by atoms with Crippen LogP contribution in [0.15, 0.2) is 48.8 Å². The van der Waals surface area contributed by atoms with E-state index in [1.54, 1.807) is 16.8 Å². The molecule has 1 unspecified atom stereocenters. The molecule has 3 rings (SSSR count). The van der Waals surface area contributed by atoms with E-state index < -0.39 is 17.7 Å². The third kappa shape index (κ3) is 2.16. The van der Waals surface area contributed by atoms with E-state index in [0.29, 0.717) is 0 Å². The van der Waals surface area contributed by atoms with Gasteiger partial charge in [0.2, 0.25) is 0 Å². The minimum atomic E-state index is -0.852. The molecule has 0 saturated heterocycles. The minimum absolute atomic E-state index is 0.222. The number of nitrogens with zero attached hydrogens (tertiary/aromatic N) is 2. The van der Waals surface area contributed by atoms with Crippen molar-refractivity contribution in [2.45, 2.75) is 12.5 Å².